The molecule has 0 fully saturated rings. The van der Waals surface area contributed by atoms with Crippen LogP contribution in [0.25, 0.3) is 21.6 Å². The molecule has 15 heavy (non-hydrogen) atoms. The Bertz CT molecular complexity index is 610. The minimum Gasteiger partial charge on any atom is -0.383 e. The van der Waals surface area contributed by atoms with Crippen molar-refractivity contribution in [3.8, 4) is 10.6 Å². The molecule has 74 valence electrons. The Hall–Kier alpha value is -1.88. The highest BCUT2D eigenvalue weighted by Gasteiger charge is 2.04. The SMILES string of the molecule is Nc1csc(-c2ccc3nc[nH]c3c2)n1. The fourth-order valence-electron chi connectivity index (χ4n) is 1.49. The highest BCUT2D eigenvalue weighted by molar-refractivity contribution is 7.13. The number of aromatic amines is 1. The van der Waals surface area contributed by atoms with Gasteiger partial charge < -0.3 is 10.7 Å². The Kier molecular flexibility index (Phi) is 1.72. The molecular formula is C10H8N4S. The molecule has 2 heterocycles. The second-order valence-electron chi connectivity index (χ2n) is 3.21. The predicted molar refractivity (Wildman–Crippen MR) is 61.6 cm³/mol. The molecule has 1 aromatic carbocycles. The van der Waals surface area contributed by atoms with Crippen LogP contribution in [-0.2, 0) is 0 Å². The van der Waals surface area contributed by atoms with E-state index in [9.17, 15) is 0 Å². The number of anilines is 1. The first-order valence-corrected chi connectivity index (χ1v) is 5.35. The number of imidazole rings is 1. The maximum absolute atomic E-state index is 5.59. The van der Waals surface area contributed by atoms with Crippen LogP contribution in [0, 0.1) is 0 Å². The molecule has 5 heteroatoms. The molecule has 0 aliphatic carbocycles. The van der Waals surface area contributed by atoms with E-state index >= 15 is 0 Å². The van der Waals surface area contributed by atoms with Gasteiger partial charge in [-0.25, -0.2) is 9.97 Å². The summed E-state index contributed by atoms with van der Waals surface area (Å²) in [7, 11) is 0. The fourth-order valence-corrected chi connectivity index (χ4v) is 2.19. The molecule has 0 amide bonds. The number of hydrogen-bond donors (Lipinski definition) is 2. The average molecular weight is 216 g/mol. The number of H-pyrrole nitrogens is 1. The van der Waals surface area contributed by atoms with Crippen molar-refractivity contribution in [2.45, 2.75) is 0 Å². The summed E-state index contributed by atoms with van der Waals surface area (Å²) in [6, 6.07) is 6.00. The minimum absolute atomic E-state index is 0.569. The Morgan fingerprint density at radius 1 is 1.33 bits per heavy atom. The monoisotopic (exact) mass is 216 g/mol. The van der Waals surface area contributed by atoms with Crippen LogP contribution in [0.1, 0.15) is 0 Å². The summed E-state index contributed by atoms with van der Waals surface area (Å²) in [6.45, 7) is 0. The van der Waals surface area contributed by atoms with Crippen LogP contribution in [0.2, 0.25) is 0 Å². The van der Waals surface area contributed by atoms with Crippen molar-refractivity contribution in [3.63, 3.8) is 0 Å². The minimum atomic E-state index is 0.569. The lowest BCUT2D eigenvalue weighted by Gasteiger charge is -1.95. The van der Waals surface area contributed by atoms with Gasteiger partial charge in [-0.3, -0.25) is 0 Å². The highest BCUT2D eigenvalue weighted by atomic mass is 32.1. The van der Waals surface area contributed by atoms with E-state index in [-0.39, 0.29) is 0 Å². The van der Waals surface area contributed by atoms with Crippen molar-refractivity contribution >= 4 is 28.2 Å². The van der Waals surface area contributed by atoms with Gasteiger partial charge in [-0.2, -0.15) is 0 Å². The second kappa shape index (κ2) is 3.06. The number of nitrogens with two attached hydrogens (primary N) is 1. The van der Waals surface area contributed by atoms with Gasteiger partial charge in [0.1, 0.15) is 10.8 Å². The van der Waals surface area contributed by atoms with E-state index in [1.54, 1.807) is 17.7 Å². The van der Waals surface area contributed by atoms with Crippen molar-refractivity contribution in [2.75, 3.05) is 5.73 Å². The third kappa shape index (κ3) is 1.37. The number of nitrogens with one attached hydrogen (secondary N) is 1. The summed E-state index contributed by atoms with van der Waals surface area (Å²) >= 11 is 1.54. The summed E-state index contributed by atoms with van der Waals surface area (Å²) in [5.74, 6) is 0.569. The maximum Gasteiger partial charge on any atom is 0.135 e. The maximum atomic E-state index is 5.59. The van der Waals surface area contributed by atoms with E-state index in [4.69, 9.17) is 5.73 Å². The van der Waals surface area contributed by atoms with E-state index < -0.39 is 0 Å². The molecule has 2 aromatic heterocycles. The number of nitrogen functional groups attached to an aromatic ring is 1. The van der Waals surface area contributed by atoms with Crippen LogP contribution in [-0.4, -0.2) is 15.0 Å². The van der Waals surface area contributed by atoms with Crippen LogP contribution in [0.3, 0.4) is 0 Å². The van der Waals surface area contributed by atoms with Gasteiger partial charge in [-0.1, -0.05) is 0 Å². The molecule has 0 saturated heterocycles. The van der Waals surface area contributed by atoms with Gasteiger partial charge in [0.25, 0.3) is 0 Å². The Labute approximate surface area is 89.8 Å². The zero-order valence-corrected chi connectivity index (χ0v) is 8.58. The number of benzene rings is 1. The number of nitrogens with zero attached hydrogens (tertiary/aromatic N) is 2. The van der Waals surface area contributed by atoms with Crippen molar-refractivity contribution in [1.82, 2.24) is 15.0 Å². The third-order valence-corrected chi connectivity index (χ3v) is 3.10. The Morgan fingerprint density at radius 2 is 2.27 bits per heavy atom. The average Bonchev–Trinajstić information content (AvgIpc) is 2.84. The summed E-state index contributed by atoms with van der Waals surface area (Å²) in [6.07, 6.45) is 1.69. The van der Waals surface area contributed by atoms with Gasteiger partial charge in [0.2, 0.25) is 0 Å². The van der Waals surface area contributed by atoms with Gasteiger partial charge in [0.05, 0.1) is 17.4 Å². The first-order chi connectivity index (χ1) is 7.33. The molecule has 0 aliphatic rings. The van der Waals surface area contributed by atoms with Gasteiger partial charge >= 0.3 is 0 Å². The lowest BCUT2D eigenvalue weighted by Crippen LogP contribution is -1.83. The molecular weight excluding hydrogens is 208 g/mol. The van der Waals surface area contributed by atoms with Gasteiger partial charge in [-0.15, -0.1) is 11.3 Å². The molecule has 3 N–H and O–H groups in total. The number of fused-ring (bicyclic) bond motifs is 1. The molecule has 4 nitrogen and oxygen atoms in total. The molecule has 0 unspecified atom stereocenters. The normalized spacial score (nSPS) is 10.9. The number of aromatic nitrogens is 3. The van der Waals surface area contributed by atoms with E-state index in [0.29, 0.717) is 5.82 Å². The van der Waals surface area contributed by atoms with Gasteiger partial charge in [0, 0.05) is 10.9 Å². The predicted octanol–water partition coefficient (Wildman–Crippen LogP) is 2.27. The summed E-state index contributed by atoms with van der Waals surface area (Å²) in [5.41, 5.74) is 8.63. The van der Waals surface area contributed by atoms with Gasteiger partial charge in [0.15, 0.2) is 0 Å². The quantitative estimate of drug-likeness (QED) is 0.655. The highest BCUT2D eigenvalue weighted by Crippen LogP contribution is 2.26. The standard InChI is InChI=1S/C10H8N4S/c11-9-4-15-10(14-9)6-1-2-7-8(3-6)13-5-12-7/h1-5H,11H2,(H,12,13). The Morgan fingerprint density at radius 3 is 3.07 bits per heavy atom. The topological polar surface area (TPSA) is 67.6 Å². The summed E-state index contributed by atoms with van der Waals surface area (Å²) < 4.78 is 0. The molecule has 3 rings (SSSR count). The molecule has 0 saturated carbocycles. The zero-order chi connectivity index (χ0) is 10.3. The van der Waals surface area contributed by atoms with E-state index in [2.05, 4.69) is 15.0 Å². The molecule has 0 bridgehead atoms. The van der Waals surface area contributed by atoms with E-state index in [1.807, 2.05) is 23.6 Å². The molecule has 3 aromatic rings. The third-order valence-electron chi connectivity index (χ3n) is 2.19. The number of thiazole rings is 1. The number of hydrogen-bond acceptors (Lipinski definition) is 4. The van der Waals surface area contributed by atoms with Crippen molar-refractivity contribution < 1.29 is 0 Å². The van der Waals surface area contributed by atoms with Gasteiger partial charge in [-0.05, 0) is 18.2 Å². The van der Waals surface area contributed by atoms with Crippen molar-refractivity contribution in [1.29, 1.82) is 0 Å². The molecule has 0 atom stereocenters. The molecule has 0 aliphatic heterocycles. The molecule has 0 spiro atoms. The fraction of sp³-hybridized carbons (Fsp3) is 0. The number of rotatable bonds is 1. The lowest BCUT2D eigenvalue weighted by molar-refractivity contribution is 1.34. The molecule has 0 radical (unpaired) electrons. The first-order valence-electron chi connectivity index (χ1n) is 4.47. The lowest BCUT2D eigenvalue weighted by atomic mass is 10.2. The summed E-state index contributed by atoms with van der Waals surface area (Å²) in [4.78, 5) is 11.5. The zero-order valence-electron chi connectivity index (χ0n) is 7.77. The smallest absolute Gasteiger partial charge is 0.135 e. The first kappa shape index (κ1) is 8.43. The summed E-state index contributed by atoms with van der Waals surface area (Å²) in [5, 5.41) is 2.77. The largest absolute Gasteiger partial charge is 0.383 e. The van der Waals surface area contributed by atoms with Crippen LogP contribution in [0.4, 0.5) is 5.82 Å². The van der Waals surface area contributed by atoms with Crippen LogP contribution in [0.15, 0.2) is 29.9 Å². The Balaban J connectivity index is 2.18. The van der Waals surface area contributed by atoms with E-state index in [1.165, 1.54) is 0 Å². The van der Waals surface area contributed by atoms with Crippen LogP contribution >= 0.6 is 11.3 Å². The van der Waals surface area contributed by atoms with Crippen molar-refractivity contribution in [2.24, 2.45) is 0 Å². The van der Waals surface area contributed by atoms with Crippen molar-refractivity contribution in [3.05, 3.63) is 29.9 Å². The van der Waals surface area contributed by atoms with Crippen LogP contribution < -0.4 is 5.73 Å². The van der Waals surface area contributed by atoms with E-state index in [0.717, 1.165) is 21.6 Å². The second-order valence-corrected chi connectivity index (χ2v) is 4.07. The van der Waals surface area contributed by atoms with Crippen LogP contribution in [0.5, 0.6) is 0 Å².